The molecule has 1 N–H and O–H groups in total. The number of hydrogen-bond donors (Lipinski definition) is 1. The fraction of sp³-hybridized carbons (Fsp3) is 0.269. The van der Waals surface area contributed by atoms with E-state index < -0.39 is 32.5 Å². The van der Waals surface area contributed by atoms with Crippen molar-refractivity contribution in [3.05, 3.63) is 95.0 Å². The molecule has 0 radical (unpaired) electrons. The molecular formula is C26H28ClN3O6S2. The number of benzene rings is 3. The molecule has 3 aromatic carbocycles. The Morgan fingerprint density at radius 3 is 2.08 bits per heavy atom. The molecule has 0 unspecified atom stereocenters. The van der Waals surface area contributed by atoms with Crippen molar-refractivity contribution < 1.29 is 26.4 Å². The Hall–Kier alpha value is -2.80. The highest BCUT2D eigenvalue weighted by Gasteiger charge is 2.28. The normalized spacial score (nSPS) is 14.9. The second-order valence-electron chi connectivity index (χ2n) is 8.65. The molecule has 3 aromatic rings. The summed E-state index contributed by atoms with van der Waals surface area (Å²) >= 11 is 5.92. The van der Waals surface area contributed by atoms with Gasteiger partial charge in [0.05, 0.1) is 29.5 Å². The molecular weight excluding hydrogens is 550 g/mol. The van der Waals surface area contributed by atoms with Crippen molar-refractivity contribution in [2.24, 2.45) is 0 Å². The van der Waals surface area contributed by atoms with Crippen molar-refractivity contribution in [2.45, 2.75) is 22.9 Å². The van der Waals surface area contributed by atoms with Crippen LogP contribution in [0.4, 0.5) is 0 Å². The van der Waals surface area contributed by atoms with E-state index in [0.717, 1.165) is 9.87 Å². The number of nitrogens with zero attached hydrogens (tertiary/aromatic N) is 2. The summed E-state index contributed by atoms with van der Waals surface area (Å²) in [5, 5.41) is 3.13. The number of halogens is 1. The molecule has 4 rings (SSSR count). The van der Waals surface area contributed by atoms with E-state index in [1.54, 1.807) is 36.4 Å². The molecule has 0 aliphatic carbocycles. The van der Waals surface area contributed by atoms with E-state index in [0.29, 0.717) is 36.9 Å². The third-order valence-corrected chi connectivity index (χ3v) is 9.96. The largest absolute Gasteiger partial charge is 0.379 e. The van der Waals surface area contributed by atoms with E-state index in [-0.39, 0.29) is 22.9 Å². The Morgan fingerprint density at radius 2 is 1.45 bits per heavy atom. The highest BCUT2D eigenvalue weighted by atomic mass is 35.5. The lowest BCUT2D eigenvalue weighted by Gasteiger charge is -2.26. The summed E-state index contributed by atoms with van der Waals surface area (Å²) in [6.45, 7) is 1.04. The Morgan fingerprint density at radius 1 is 0.842 bits per heavy atom. The number of hydrogen-bond acceptors (Lipinski definition) is 6. The molecule has 202 valence electrons. The van der Waals surface area contributed by atoms with Crippen molar-refractivity contribution >= 4 is 37.6 Å². The van der Waals surface area contributed by atoms with E-state index >= 15 is 0 Å². The van der Waals surface area contributed by atoms with Gasteiger partial charge in [-0.1, -0.05) is 54.1 Å². The summed E-state index contributed by atoms with van der Waals surface area (Å²) in [6.07, 6.45) is 0. The first-order valence-corrected chi connectivity index (χ1v) is 15.2. The van der Waals surface area contributed by atoms with Crippen LogP contribution >= 0.6 is 11.6 Å². The molecule has 0 spiro atoms. The van der Waals surface area contributed by atoms with Crippen LogP contribution in [0.2, 0.25) is 5.02 Å². The van der Waals surface area contributed by atoms with Crippen LogP contribution in [0.1, 0.15) is 11.1 Å². The summed E-state index contributed by atoms with van der Waals surface area (Å²) in [5.74, 6) is -0.497. The number of amides is 1. The van der Waals surface area contributed by atoms with Crippen LogP contribution in [-0.2, 0) is 42.7 Å². The lowest BCUT2D eigenvalue weighted by atomic mass is 10.2. The average Bonchev–Trinajstić information content (AvgIpc) is 2.93. The molecule has 1 saturated heterocycles. The van der Waals surface area contributed by atoms with E-state index in [1.807, 2.05) is 6.07 Å². The maximum atomic E-state index is 13.4. The Labute approximate surface area is 228 Å². The van der Waals surface area contributed by atoms with Crippen LogP contribution in [0.5, 0.6) is 0 Å². The van der Waals surface area contributed by atoms with Gasteiger partial charge in [-0.25, -0.2) is 16.8 Å². The highest BCUT2D eigenvalue weighted by Crippen LogP contribution is 2.21. The lowest BCUT2D eigenvalue weighted by molar-refractivity contribution is -0.121. The van der Waals surface area contributed by atoms with Crippen LogP contribution in [0.3, 0.4) is 0 Å². The molecule has 0 aromatic heterocycles. The average molecular weight is 578 g/mol. The predicted octanol–water partition coefficient (Wildman–Crippen LogP) is 2.87. The number of carbonyl (C=O) groups is 1. The standard InChI is InChI=1S/C26H28ClN3O6S2/c27-23-8-12-25(13-9-23)38(34,35)30(19-22-4-2-1-3-5-22)20-26(31)28-18-21-6-10-24(11-7-21)37(32,33)29-14-16-36-17-15-29/h1-13H,14-20H2,(H,28,31). The maximum absolute atomic E-state index is 13.4. The Kier molecular flexibility index (Phi) is 9.19. The SMILES string of the molecule is O=C(CN(Cc1ccccc1)S(=O)(=O)c1ccc(Cl)cc1)NCc1ccc(S(=O)(=O)N2CCOCC2)cc1. The van der Waals surface area contributed by atoms with Gasteiger partial charge in [0.2, 0.25) is 26.0 Å². The fourth-order valence-electron chi connectivity index (χ4n) is 3.90. The molecule has 9 nitrogen and oxygen atoms in total. The smallest absolute Gasteiger partial charge is 0.243 e. The minimum Gasteiger partial charge on any atom is -0.379 e. The van der Waals surface area contributed by atoms with E-state index in [1.165, 1.54) is 40.7 Å². The minimum absolute atomic E-state index is 0.00726. The molecule has 1 heterocycles. The van der Waals surface area contributed by atoms with Crippen LogP contribution in [-0.4, -0.2) is 64.2 Å². The third kappa shape index (κ3) is 6.99. The van der Waals surface area contributed by atoms with Crippen molar-refractivity contribution in [1.29, 1.82) is 0 Å². The van der Waals surface area contributed by atoms with Gasteiger partial charge in [-0.05, 0) is 47.5 Å². The summed E-state index contributed by atoms with van der Waals surface area (Å²) in [7, 11) is -7.61. The van der Waals surface area contributed by atoms with Crippen molar-refractivity contribution in [2.75, 3.05) is 32.8 Å². The zero-order valence-electron chi connectivity index (χ0n) is 20.5. The van der Waals surface area contributed by atoms with Gasteiger partial charge >= 0.3 is 0 Å². The van der Waals surface area contributed by atoms with Gasteiger partial charge in [0.25, 0.3) is 0 Å². The second kappa shape index (κ2) is 12.4. The number of rotatable bonds is 10. The number of ether oxygens (including phenoxy) is 1. The van der Waals surface area contributed by atoms with Crippen molar-refractivity contribution in [3.63, 3.8) is 0 Å². The van der Waals surface area contributed by atoms with Crippen LogP contribution < -0.4 is 5.32 Å². The number of sulfonamides is 2. The van der Waals surface area contributed by atoms with Crippen LogP contribution in [0, 0.1) is 0 Å². The summed E-state index contributed by atoms with van der Waals surface area (Å²) in [6, 6.07) is 21.0. The number of morpholine rings is 1. The molecule has 1 fully saturated rings. The van der Waals surface area contributed by atoms with Gasteiger partial charge in [0, 0.05) is 31.2 Å². The quantitative estimate of drug-likeness (QED) is 0.396. The summed E-state index contributed by atoms with van der Waals surface area (Å²) in [5.41, 5.74) is 1.41. The van der Waals surface area contributed by atoms with Crippen molar-refractivity contribution in [1.82, 2.24) is 13.9 Å². The summed E-state index contributed by atoms with van der Waals surface area (Å²) < 4.78 is 60.0. The summed E-state index contributed by atoms with van der Waals surface area (Å²) in [4.78, 5) is 13.0. The first-order valence-electron chi connectivity index (χ1n) is 11.9. The van der Waals surface area contributed by atoms with Crippen LogP contribution in [0.25, 0.3) is 0 Å². The molecule has 0 bridgehead atoms. The van der Waals surface area contributed by atoms with Gasteiger partial charge in [-0.3, -0.25) is 4.79 Å². The van der Waals surface area contributed by atoms with Crippen molar-refractivity contribution in [3.8, 4) is 0 Å². The zero-order chi connectivity index (χ0) is 27.2. The molecule has 38 heavy (non-hydrogen) atoms. The molecule has 1 aliphatic heterocycles. The molecule has 12 heteroatoms. The van der Waals surface area contributed by atoms with Gasteiger partial charge in [0.1, 0.15) is 0 Å². The number of carbonyl (C=O) groups excluding carboxylic acids is 1. The van der Waals surface area contributed by atoms with Crippen LogP contribution in [0.15, 0.2) is 88.7 Å². The van der Waals surface area contributed by atoms with Gasteiger partial charge in [0.15, 0.2) is 0 Å². The number of nitrogens with one attached hydrogen (secondary N) is 1. The molecule has 1 amide bonds. The monoisotopic (exact) mass is 577 g/mol. The minimum atomic E-state index is -3.99. The zero-order valence-corrected chi connectivity index (χ0v) is 22.9. The lowest BCUT2D eigenvalue weighted by Crippen LogP contribution is -2.40. The highest BCUT2D eigenvalue weighted by molar-refractivity contribution is 7.89. The molecule has 1 aliphatic rings. The molecule has 0 saturated carbocycles. The van der Waals surface area contributed by atoms with E-state index in [2.05, 4.69) is 5.32 Å². The Balaban J connectivity index is 1.43. The first kappa shape index (κ1) is 28.2. The second-order valence-corrected chi connectivity index (χ2v) is 13.0. The van der Waals surface area contributed by atoms with Gasteiger partial charge in [-0.15, -0.1) is 0 Å². The van der Waals surface area contributed by atoms with E-state index in [9.17, 15) is 21.6 Å². The maximum Gasteiger partial charge on any atom is 0.243 e. The van der Waals surface area contributed by atoms with Gasteiger partial charge in [-0.2, -0.15) is 8.61 Å². The topological polar surface area (TPSA) is 113 Å². The Bertz CT molecular complexity index is 1440. The first-order chi connectivity index (χ1) is 18.2. The van der Waals surface area contributed by atoms with Gasteiger partial charge < -0.3 is 10.1 Å². The third-order valence-electron chi connectivity index (χ3n) is 5.99. The van der Waals surface area contributed by atoms with E-state index in [4.69, 9.17) is 16.3 Å². The predicted molar refractivity (Wildman–Crippen MR) is 143 cm³/mol. The molecule has 0 atom stereocenters. The fourth-order valence-corrected chi connectivity index (χ4v) is 6.82.